The fourth-order valence-electron chi connectivity index (χ4n) is 1.66. The molecule has 0 spiro atoms. The highest BCUT2D eigenvalue weighted by Gasteiger charge is 2.12. The van der Waals surface area contributed by atoms with Gasteiger partial charge in [0.05, 0.1) is 15.6 Å². The Morgan fingerprint density at radius 2 is 2.12 bits per heavy atom. The van der Waals surface area contributed by atoms with Crippen LogP contribution in [0.3, 0.4) is 0 Å². The van der Waals surface area contributed by atoms with Crippen LogP contribution in [0.1, 0.15) is 5.76 Å². The van der Waals surface area contributed by atoms with Gasteiger partial charge < -0.3 is 14.5 Å². The predicted molar refractivity (Wildman–Crippen MR) is 93.1 cm³/mol. The normalized spacial score (nSPS) is 10.6. The maximum atomic E-state index is 11.7. The van der Waals surface area contributed by atoms with E-state index in [4.69, 9.17) is 20.8 Å². The number of esters is 1. The van der Waals surface area contributed by atoms with Crippen LogP contribution in [0.4, 0.5) is 11.4 Å². The number of nitro groups is 1. The number of nitrogens with one attached hydrogen (secondary N) is 1. The van der Waals surface area contributed by atoms with E-state index < -0.39 is 23.4 Å². The number of ether oxygens (including phenoxy) is 1. The lowest BCUT2D eigenvalue weighted by Crippen LogP contribution is -2.20. The molecular weight excluding hydrogens is 420 g/mol. The zero-order valence-electron chi connectivity index (χ0n) is 12.4. The Hall–Kier alpha value is -2.65. The van der Waals surface area contributed by atoms with Crippen LogP contribution >= 0.6 is 27.5 Å². The number of carbonyl (C=O) groups is 2. The molecule has 2 aromatic rings. The number of hydrogen-bond acceptors (Lipinski definition) is 6. The lowest BCUT2D eigenvalue weighted by molar-refractivity contribution is -0.384. The van der Waals surface area contributed by atoms with Gasteiger partial charge in [-0.3, -0.25) is 14.9 Å². The zero-order chi connectivity index (χ0) is 18.4. The Labute approximate surface area is 154 Å². The van der Waals surface area contributed by atoms with E-state index in [9.17, 15) is 19.7 Å². The molecule has 8 nitrogen and oxygen atoms in total. The van der Waals surface area contributed by atoms with Gasteiger partial charge in [0.1, 0.15) is 5.76 Å². The maximum Gasteiger partial charge on any atom is 0.331 e. The summed E-state index contributed by atoms with van der Waals surface area (Å²) < 4.78 is 10.4. The minimum Gasteiger partial charge on any atom is -0.452 e. The maximum absolute atomic E-state index is 11.7. The number of amides is 1. The van der Waals surface area contributed by atoms with Crippen molar-refractivity contribution >= 4 is 56.9 Å². The molecule has 0 atom stereocenters. The quantitative estimate of drug-likeness (QED) is 0.323. The van der Waals surface area contributed by atoms with Crippen LogP contribution in [-0.2, 0) is 14.3 Å². The second-order valence-corrected chi connectivity index (χ2v) is 5.74. The predicted octanol–water partition coefficient (Wildman–Crippen LogP) is 3.80. The van der Waals surface area contributed by atoms with Crippen molar-refractivity contribution in [1.29, 1.82) is 0 Å². The second-order valence-electron chi connectivity index (χ2n) is 4.55. The summed E-state index contributed by atoms with van der Waals surface area (Å²) in [7, 11) is 0. The van der Waals surface area contributed by atoms with E-state index in [-0.39, 0.29) is 16.4 Å². The van der Waals surface area contributed by atoms with Crippen LogP contribution in [0.5, 0.6) is 0 Å². The molecule has 130 valence electrons. The second kappa shape index (κ2) is 8.45. The summed E-state index contributed by atoms with van der Waals surface area (Å²) in [6.45, 7) is -0.543. The fraction of sp³-hybridized carbons (Fsp3) is 0.0667. The summed E-state index contributed by atoms with van der Waals surface area (Å²) in [5.41, 5.74) is -0.0339. The Morgan fingerprint density at radius 1 is 1.36 bits per heavy atom. The van der Waals surface area contributed by atoms with E-state index in [2.05, 4.69) is 21.2 Å². The van der Waals surface area contributed by atoms with Gasteiger partial charge >= 0.3 is 5.97 Å². The molecule has 2 rings (SSSR count). The molecule has 10 heteroatoms. The molecule has 0 saturated carbocycles. The molecule has 0 saturated heterocycles. The van der Waals surface area contributed by atoms with E-state index in [1.165, 1.54) is 18.2 Å². The molecule has 1 aromatic heterocycles. The van der Waals surface area contributed by atoms with Gasteiger partial charge in [-0.25, -0.2) is 4.79 Å². The van der Waals surface area contributed by atoms with Gasteiger partial charge in [0, 0.05) is 18.2 Å². The fourth-order valence-corrected chi connectivity index (χ4v) is 2.20. The van der Waals surface area contributed by atoms with Crippen molar-refractivity contribution < 1.29 is 23.7 Å². The molecule has 1 aromatic carbocycles. The minimum absolute atomic E-state index is 0.00262. The average molecular weight is 430 g/mol. The van der Waals surface area contributed by atoms with Crippen LogP contribution in [0.2, 0.25) is 5.02 Å². The lowest BCUT2D eigenvalue weighted by Gasteiger charge is -2.07. The van der Waals surface area contributed by atoms with Gasteiger partial charge in [-0.2, -0.15) is 0 Å². The first kappa shape index (κ1) is 18.7. The van der Waals surface area contributed by atoms with Gasteiger partial charge in [0.25, 0.3) is 11.6 Å². The van der Waals surface area contributed by atoms with E-state index in [1.54, 1.807) is 12.1 Å². The van der Waals surface area contributed by atoms with Crippen molar-refractivity contribution in [2.45, 2.75) is 0 Å². The molecule has 1 N–H and O–H groups in total. The topological polar surface area (TPSA) is 112 Å². The average Bonchev–Trinajstić information content (AvgIpc) is 2.98. The largest absolute Gasteiger partial charge is 0.452 e. The highest BCUT2D eigenvalue weighted by Crippen LogP contribution is 2.26. The molecule has 0 unspecified atom stereocenters. The molecule has 0 bridgehead atoms. The molecule has 0 aliphatic heterocycles. The van der Waals surface area contributed by atoms with Gasteiger partial charge in [-0.15, -0.1) is 0 Å². The van der Waals surface area contributed by atoms with E-state index >= 15 is 0 Å². The third kappa shape index (κ3) is 5.73. The van der Waals surface area contributed by atoms with Crippen LogP contribution in [0.25, 0.3) is 6.08 Å². The first-order valence-electron chi connectivity index (χ1n) is 6.69. The smallest absolute Gasteiger partial charge is 0.331 e. The Kier molecular flexibility index (Phi) is 6.31. The monoisotopic (exact) mass is 428 g/mol. The van der Waals surface area contributed by atoms with Crippen molar-refractivity contribution in [1.82, 2.24) is 0 Å². The summed E-state index contributed by atoms with van der Waals surface area (Å²) in [5, 5.41) is 13.0. The Bertz CT molecular complexity index is 848. The number of nitrogens with zero attached hydrogens (tertiary/aromatic N) is 1. The summed E-state index contributed by atoms with van der Waals surface area (Å²) in [5.74, 6) is -0.943. The minimum atomic E-state index is -0.738. The van der Waals surface area contributed by atoms with E-state index in [0.29, 0.717) is 10.4 Å². The van der Waals surface area contributed by atoms with Crippen molar-refractivity contribution in [2.75, 3.05) is 11.9 Å². The van der Waals surface area contributed by atoms with Crippen molar-refractivity contribution in [3.05, 3.63) is 62.0 Å². The van der Waals surface area contributed by atoms with Crippen molar-refractivity contribution in [3.8, 4) is 0 Å². The number of nitro benzene ring substituents is 1. The Morgan fingerprint density at radius 3 is 2.72 bits per heavy atom. The first-order chi connectivity index (χ1) is 11.8. The third-order valence-corrected chi connectivity index (χ3v) is 3.50. The van der Waals surface area contributed by atoms with Crippen LogP contribution in [0.15, 0.2) is 45.5 Å². The van der Waals surface area contributed by atoms with Crippen LogP contribution < -0.4 is 5.32 Å². The van der Waals surface area contributed by atoms with Crippen molar-refractivity contribution in [3.63, 3.8) is 0 Å². The lowest BCUT2D eigenvalue weighted by atomic mass is 10.3. The standard InChI is InChI=1S/C15H10BrClN2O6/c16-13-5-2-10(25-13)3-6-15(21)24-8-14(20)18-12-4-1-9(19(22)23)7-11(12)17/h1-7H,8H2,(H,18,20)/b6-3+. The molecule has 0 aliphatic carbocycles. The number of carbonyl (C=O) groups excluding carboxylic acids is 2. The van der Waals surface area contributed by atoms with E-state index in [0.717, 1.165) is 12.1 Å². The molecule has 1 heterocycles. The van der Waals surface area contributed by atoms with Gasteiger partial charge in [0.2, 0.25) is 0 Å². The van der Waals surface area contributed by atoms with Gasteiger partial charge in [-0.05, 0) is 40.2 Å². The number of furan rings is 1. The summed E-state index contributed by atoms with van der Waals surface area (Å²) in [6.07, 6.45) is 2.50. The molecule has 0 aliphatic rings. The molecular formula is C15H10BrClN2O6. The van der Waals surface area contributed by atoms with Crippen molar-refractivity contribution in [2.24, 2.45) is 0 Å². The number of non-ortho nitro benzene ring substituents is 1. The van der Waals surface area contributed by atoms with Crippen LogP contribution in [-0.4, -0.2) is 23.4 Å². The number of hydrogen-bond donors (Lipinski definition) is 1. The molecule has 0 radical (unpaired) electrons. The zero-order valence-corrected chi connectivity index (χ0v) is 14.7. The number of benzene rings is 1. The van der Waals surface area contributed by atoms with E-state index in [1.807, 2.05) is 0 Å². The SMILES string of the molecule is O=C(COC(=O)/C=C/c1ccc(Br)o1)Nc1ccc([N+](=O)[O-])cc1Cl. The molecule has 0 fully saturated rings. The van der Waals surface area contributed by atoms with Gasteiger partial charge in [-0.1, -0.05) is 11.6 Å². The highest BCUT2D eigenvalue weighted by atomic mass is 79.9. The number of rotatable bonds is 6. The summed E-state index contributed by atoms with van der Waals surface area (Å²) in [6, 6.07) is 6.88. The summed E-state index contributed by atoms with van der Waals surface area (Å²) in [4.78, 5) is 33.3. The Balaban J connectivity index is 1.85. The number of anilines is 1. The molecule has 25 heavy (non-hydrogen) atoms. The molecule has 1 amide bonds. The van der Waals surface area contributed by atoms with Crippen LogP contribution in [0, 0.1) is 10.1 Å². The number of halogens is 2. The van der Waals surface area contributed by atoms with Gasteiger partial charge in [0.15, 0.2) is 11.3 Å². The highest BCUT2D eigenvalue weighted by molar-refractivity contribution is 9.10. The third-order valence-electron chi connectivity index (χ3n) is 2.76. The summed E-state index contributed by atoms with van der Waals surface area (Å²) >= 11 is 8.97. The first-order valence-corrected chi connectivity index (χ1v) is 7.86.